The Bertz CT molecular complexity index is 1290. The quantitative estimate of drug-likeness (QED) is 0.385. The summed E-state index contributed by atoms with van der Waals surface area (Å²) in [6, 6.07) is 19.4. The summed E-state index contributed by atoms with van der Waals surface area (Å²) in [6.45, 7) is 0.817. The van der Waals surface area contributed by atoms with Gasteiger partial charge < -0.3 is 15.5 Å². The average molecular weight is 559 g/mol. The summed E-state index contributed by atoms with van der Waals surface area (Å²) in [5.74, 6) is -1.09. The molecular weight excluding hydrogens is 533 g/mol. The Kier molecular flexibility index (Phi) is 9.09. The largest absolute Gasteiger partial charge is 0.354 e. The molecule has 1 saturated heterocycles. The lowest BCUT2D eigenvalue weighted by atomic mass is 10.0. The van der Waals surface area contributed by atoms with E-state index in [2.05, 4.69) is 10.6 Å². The van der Waals surface area contributed by atoms with Gasteiger partial charge in [0.15, 0.2) is 0 Å². The van der Waals surface area contributed by atoms with Crippen LogP contribution in [0.3, 0.4) is 0 Å². The predicted octanol–water partition coefficient (Wildman–Crippen LogP) is 5.47. The Hall–Kier alpha value is -3.06. The zero-order valence-corrected chi connectivity index (χ0v) is 22.2. The first kappa shape index (κ1) is 27.0. The van der Waals surface area contributed by atoms with Gasteiger partial charge >= 0.3 is 0 Å². The van der Waals surface area contributed by atoms with Crippen LogP contribution >= 0.6 is 34.8 Å². The maximum Gasteiger partial charge on any atom is 0.253 e. The molecule has 0 aliphatic carbocycles. The molecule has 0 radical (unpaired) electrons. The van der Waals surface area contributed by atoms with E-state index in [0.29, 0.717) is 48.0 Å². The zero-order chi connectivity index (χ0) is 26.4. The molecule has 3 aromatic carbocycles. The molecule has 0 spiro atoms. The van der Waals surface area contributed by atoms with Gasteiger partial charge in [-0.2, -0.15) is 0 Å². The highest BCUT2D eigenvalue weighted by atomic mass is 35.5. The van der Waals surface area contributed by atoms with Gasteiger partial charge in [-0.15, -0.1) is 0 Å². The molecule has 0 saturated carbocycles. The van der Waals surface area contributed by atoms with E-state index in [-0.39, 0.29) is 22.4 Å². The lowest BCUT2D eigenvalue weighted by Crippen LogP contribution is -2.50. The van der Waals surface area contributed by atoms with Crippen LogP contribution in [0.2, 0.25) is 15.1 Å². The number of amides is 3. The molecule has 0 unspecified atom stereocenters. The van der Waals surface area contributed by atoms with E-state index in [1.54, 1.807) is 35.2 Å². The van der Waals surface area contributed by atoms with Crippen molar-refractivity contribution in [2.75, 3.05) is 13.1 Å². The highest BCUT2D eigenvalue weighted by molar-refractivity contribution is 6.36. The first-order valence-electron chi connectivity index (χ1n) is 12.0. The number of nitrogens with one attached hydrogen (secondary N) is 2. The van der Waals surface area contributed by atoms with Crippen molar-refractivity contribution in [2.45, 2.75) is 31.3 Å². The molecule has 1 heterocycles. The van der Waals surface area contributed by atoms with Crippen LogP contribution in [0.25, 0.3) is 0 Å². The van der Waals surface area contributed by atoms with Crippen LogP contribution in [0.5, 0.6) is 0 Å². The summed E-state index contributed by atoms with van der Waals surface area (Å²) >= 11 is 18.4. The zero-order valence-electron chi connectivity index (χ0n) is 19.9. The predicted molar refractivity (Wildman–Crippen MR) is 146 cm³/mol. The lowest BCUT2D eigenvalue weighted by molar-refractivity contribution is -0.140. The number of nitrogens with zero attached hydrogens (tertiary/aromatic N) is 1. The third-order valence-corrected chi connectivity index (χ3v) is 7.24. The smallest absolute Gasteiger partial charge is 0.253 e. The molecule has 3 aromatic rings. The van der Waals surface area contributed by atoms with Crippen molar-refractivity contribution in [2.24, 2.45) is 0 Å². The first-order valence-corrected chi connectivity index (χ1v) is 13.1. The summed E-state index contributed by atoms with van der Waals surface area (Å²) in [7, 11) is 0. The SMILES string of the molecule is O=C(N[C@H](C(=O)N1CCC[C@H]1C(=O)NCCc1ccccc1Cl)c1ccccc1)c1ccc(Cl)cc1Cl. The Morgan fingerprint density at radius 2 is 1.65 bits per heavy atom. The van der Waals surface area contributed by atoms with Gasteiger partial charge in [-0.1, -0.05) is 83.3 Å². The molecule has 1 fully saturated rings. The number of likely N-dealkylation sites (tertiary alicyclic amines) is 1. The van der Waals surface area contributed by atoms with E-state index >= 15 is 0 Å². The van der Waals surface area contributed by atoms with Crippen molar-refractivity contribution in [1.82, 2.24) is 15.5 Å². The number of rotatable bonds is 8. The van der Waals surface area contributed by atoms with Gasteiger partial charge in [0.25, 0.3) is 5.91 Å². The summed E-state index contributed by atoms with van der Waals surface area (Å²) in [4.78, 5) is 41.5. The Morgan fingerprint density at radius 1 is 0.919 bits per heavy atom. The standard InChI is InChI=1S/C28H26Cl3N3O3/c29-20-12-13-21(23(31)17-20)26(35)33-25(19-8-2-1-3-9-19)28(37)34-16-6-11-24(34)27(36)32-15-14-18-7-4-5-10-22(18)30/h1-5,7-10,12-13,17,24-25H,6,11,14-16H2,(H,32,36)(H,33,35)/t24-,25-/m0/s1. The van der Waals surface area contributed by atoms with Gasteiger partial charge in [-0.05, 0) is 54.7 Å². The molecule has 4 rings (SSSR count). The third kappa shape index (κ3) is 6.63. The number of halogens is 3. The fourth-order valence-corrected chi connectivity index (χ4v) is 5.15. The molecule has 9 heteroatoms. The summed E-state index contributed by atoms with van der Waals surface area (Å²) in [5, 5.41) is 6.98. The number of benzene rings is 3. The van der Waals surface area contributed by atoms with Crippen LogP contribution in [0.1, 0.15) is 40.4 Å². The monoisotopic (exact) mass is 557 g/mol. The molecule has 1 aliphatic heterocycles. The molecule has 1 aliphatic rings. The first-order chi connectivity index (χ1) is 17.8. The van der Waals surface area contributed by atoms with Gasteiger partial charge in [0, 0.05) is 23.1 Å². The van der Waals surface area contributed by atoms with Crippen LogP contribution in [-0.4, -0.2) is 41.8 Å². The second-order valence-electron chi connectivity index (χ2n) is 8.76. The van der Waals surface area contributed by atoms with E-state index in [9.17, 15) is 14.4 Å². The van der Waals surface area contributed by atoms with Crippen LogP contribution in [0.15, 0.2) is 72.8 Å². The number of carbonyl (C=O) groups is 3. The molecule has 2 N–H and O–H groups in total. The van der Waals surface area contributed by atoms with Crippen LogP contribution in [-0.2, 0) is 16.0 Å². The second kappa shape index (κ2) is 12.5. The maximum absolute atomic E-state index is 13.8. The number of hydrogen-bond acceptors (Lipinski definition) is 3. The van der Waals surface area contributed by atoms with Crippen LogP contribution in [0.4, 0.5) is 0 Å². The van der Waals surface area contributed by atoms with Crippen LogP contribution < -0.4 is 10.6 Å². The molecule has 0 bridgehead atoms. The normalized spacial score (nSPS) is 15.8. The van der Waals surface area contributed by atoms with E-state index < -0.39 is 18.0 Å². The summed E-state index contributed by atoms with van der Waals surface area (Å²) in [6.07, 6.45) is 1.81. The van der Waals surface area contributed by atoms with E-state index in [1.165, 1.54) is 12.1 Å². The highest BCUT2D eigenvalue weighted by Crippen LogP contribution is 2.26. The average Bonchev–Trinajstić information content (AvgIpc) is 3.38. The minimum Gasteiger partial charge on any atom is -0.354 e. The van der Waals surface area contributed by atoms with Gasteiger partial charge in [0.1, 0.15) is 12.1 Å². The van der Waals surface area contributed by atoms with Crippen molar-refractivity contribution >= 4 is 52.5 Å². The van der Waals surface area contributed by atoms with Gasteiger partial charge in [0.05, 0.1) is 10.6 Å². The third-order valence-electron chi connectivity index (χ3n) is 6.32. The fourth-order valence-electron chi connectivity index (χ4n) is 4.42. The molecule has 2 atom stereocenters. The maximum atomic E-state index is 13.8. The summed E-state index contributed by atoms with van der Waals surface area (Å²) in [5.41, 5.74) is 1.75. The lowest BCUT2D eigenvalue weighted by Gasteiger charge is -2.29. The van der Waals surface area contributed by atoms with Crippen LogP contribution in [0, 0.1) is 0 Å². The topological polar surface area (TPSA) is 78.5 Å². The summed E-state index contributed by atoms with van der Waals surface area (Å²) < 4.78 is 0. The molecule has 192 valence electrons. The van der Waals surface area contributed by atoms with Crippen molar-refractivity contribution in [3.05, 3.63) is 105 Å². The minimum atomic E-state index is -0.989. The number of carbonyl (C=O) groups excluding carboxylic acids is 3. The van der Waals surface area contributed by atoms with E-state index in [1.807, 2.05) is 30.3 Å². The van der Waals surface area contributed by atoms with Crippen molar-refractivity contribution in [3.8, 4) is 0 Å². The number of hydrogen-bond donors (Lipinski definition) is 2. The highest BCUT2D eigenvalue weighted by Gasteiger charge is 2.38. The van der Waals surface area contributed by atoms with Gasteiger partial charge in [-0.25, -0.2) is 0 Å². The van der Waals surface area contributed by atoms with Gasteiger partial charge in [-0.3, -0.25) is 14.4 Å². The molecule has 0 aromatic heterocycles. The van der Waals surface area contributed by atoms with E-state index in [4.69, 9.17) is 34.8 Å². The molecular formula is C28H26Cl3N3O3. The van der Waals surface area contributed by atoms with Crippen molar-refractivity contribution in [3.63, 3.8) is 0 Å². The minimum absolute atomic E-state index is 0.182. The molecule has 6 nitrogen and oxygen atoms in total. The fraction of sp³-hybridized carbons (Fsp3) is 0.250. The molecule has 37 heavy (non-hydrogen) atoms. The Labute approximate surface area is 230 Å². The van der Waals surface area contributed by atoms with Gasteiger partial charge in [0.2, 0.25) is 11.8 Å². The Balaban J connectivity index is 1.48. The van der Waals surface area contributed by atoms with Crippen molar-refractivity contribution < 1.29 is 14.4 Å². The Morgan fingerprint density at radius 3 is 2.38 bits per heavy atom. The van der Waals surface area contributed by atoms with E-state index in [0.717, 1.165) is 5.56 Å². The molecule has 3 amide bonds. The van der Waals surface area contributed by atoms with Crippen molar-refractivity contribution in [1.29, 1.82) is 0 Å². The second-order valence-corrected chi connectivity index (χ2v) is 10.0.